The van der Waals surface area contributed by atoms with Crippen molar-refractivity contribution >= 4 is 0 Å². The van der Waals surface area contributed by atoms with Gasteiger partial charge in [-0.15, -0.1) is 0 Å². The first-order chi connectivity index (χ1) is 11.3. The number of benzene rings is 1. The molecule has 0 bridgehead atoms. The lowest BCUT2D eigenvalue weighted by atomic mass is 10.2. The number of hydrogen-bond acceptors (Lipinski definition) is 6. The standard InChI is InChI=1S/C17H28N2O4/c1-21-17-13-15(3-4-16(17)23-12-9-20)14-18-5-2-6-19-7-10-22-11-8-19/h3-4,13,18,20H,2,5-12,14H2,1H3. The fourth-order valence-electron chi connectivity index (χ4n) is 2.58. The number of aliphatic hydroxyl groups excluding tert-OH is 1. The van der Waals surface area contributed by atoms with Crippen molar-refractivity contribution in [3.8, 4) is 11.5 Å². The summed E-state index contributed by atoms with van der Waals surface area (Å²) in [6.45, 7) is 7.00. The molecule has 0 atom stereocenters. The molecular weight excluding hydrogens is 296 g/mol. The lowest BCUT2D eigenvalue weighted by Crippen LogP contribution is -2.37. The number of aliphatic hydroxyl groups is 1. The van der Waals surface area contributed by atoms with Crippen LogP contribution in [0, 0.1) is 0 Å². The predicted molar refractivity (Wildman–Crippen MR) is 89.2 cm³/mol. The Bertz CT molecular complexity index is 450. The normalized spacial score (nSPS) is 15.6. The van der Waals surface area contributed by atoms with Crippen molar-refractivity contribution in [1.29, 1.82) is 0 Å². The van der Waals surface area contributed by atoms with Gasteiger partial charge >= 0.3 is 0 Å². The van der Waals surface area contributed by atoms with E-state index in [1.807, 2.05) is 18.2 Å². The highest BCUT2D eigenvalue weighted by Gasteiger charge is 2.09. The predicted octanol–water partition coefficient (Wildman–Crippen LogP) is 0.878. The van der Waals surface area contributed by atoms with Crippen LogP contribution in [0.4, 0.5) is 0 Å². The maximum Gasteiger partial charge on any atom is 0.161 e. The second kappa shape index (κ2) is 10.4. The Balaban J connectivity index is 1.68. The summed E-state index contributed by atoms with van der Waals surface area (Å²) in [7, 11) is 1.63. The van der Waals surface area contributed by atoms with Crippen molar-refractivity contribution in [2.45, 2.75) is 13.0 Å². The number of nitrogens with one attached hydrogen (secondary N) is 1. The average molecular weight is 324 g/mol. The van der Waals surface area contributed by atoms with E-state index in [0.29, 0.717) is 11.5 Å². The van der Waals surface area contributed by atoms with Gasteiger partial charge in [0.25, 0.3) is 0 Å². The van der Waals surface area contributed by atoms with E-state index in [1.54, 1.807) is 7.11 Å². The molecule has 23 heavy (non-hydrogen) atoms. The second-order valence-corrected chi connectivity index (χ2v) is 5.54. The zero-order valence-corrected chi connectivity index (χ0v) is 13.9. The van der Waals surface area contributed by atoms with Crippen LogP contribution in [0.25, 0.3) is 0 Å². The van der Waals surface area contributed by atoms with Crippen LogP contribution in [-0.4, -0.2) is 69.7 Å². The number of rotatable bonds is 10. The average Bonchev–Trinajstić information content (AvgIpc) is 2.61. The minimum Gasteiger partial charge on any atom is -0.493 e. The van der Waals surface area contributed by atoms with Crippen molar-refractivity contribution in [3.05, 3.63) is 23.8 Å². The quantitative estimate of drug-likeness (QED) is 0.623. The van der Waals surface area contributed by atoms with Crippen LogP contribution in [0.15, 0.2) is 18.2 Å². The summed E-state index contributed by atoms with van der Waals surface area (Å²) in [6.07, 6.45) is 1.13. The lowest BCUT2D eigenvalue weighted by molar-refractivity contribution is 0.0374. The second-order valence-electron chi connectivity index (χ2n) is 5.54. The highest BCUT2D eigenvalue weighted by Crippen LogP contribution is 2.27. The monoisotopic (exact) mass is 324 g/mol. The van der Waals surface area contributed by atoms with E-state index >= 15 is 0 Å². The third-order valence-corrected chi connectivity index (χ3v) is 3.84. The van der Waals surface area contributed by atoms with Gasteiger partial charge in [-0.25, -0.2) is 0 Å². The van der Waals surface area contributed by atoms with Gasteiger partial charge in [0.05, 0.1) is 26.9 Å². The molecule has 2 N–H and O–H groups in total. The summed E-state index contributed by atoms with van der Waals surface area (Å²) in [5, 5.41) is 12.3. The van der Waals surface area contributed by atoms with E-state index in [2.05, 4.69) is 10.2 Å². The number of nitrogens with zero attached hydrogens (tertiary/aromatic N) is 1. The minimum atomic E-state index is -0.00436. The first-order valence-electron chi connectivity index (χ1n) is 8.25. The van der Waals surface area contributed by atoms with Crippen molar-refractivity contribution < 1.29 is 19.3 Å². The fourth-order valence-corrected chi connectivity index (χ4v) is 2.58. The van der Waals surface area contributed by atoms with Crippen LogP contribution in [0.5, 0.6) is 11.5 Å². The van der Waals surface area contributed by atoms with Crippen LogP contribution in [0.1, 0.15) is 12.0 Å². The number of ether oxygens (including phenoxy) is 3. The highest BCUT2D eigenvalue weighted by molar-refractivity contribution is 5.42. The largest absolute Gasteiger partial charge is 0.493 e. The van der Waals surface area contributed by atoms with Gasteiger partial charge in [0.15, 0.2) is 11.5 Å². The molecule has 2 rings (SSSR count). The Kier molecular flexibility index (Phi) is 8.17. The zero-order chi connectivity index (χ0) is 16.3. The Morgan fingerprint density at radius 2 is 2.09 bits per heavy atom. The molecule has 1 saturated heterocycles. The maximum absolute atomic E-state index is 8.82. The van der Waals surface area contributed by atoms with E-state index in [-0.39, 0.29) is 13.2 Å². The molecule has 0 aliphatic carbocycles. The van der Waals surface area contributed by atoms with Gasteiger partial charge in [-0.1, -0.05) is 6.07 Å². The Morgan fingerprint density at radius 3 is 2.83 bits per heavy atom. The first-order valence-corrected chi connectivity index (χ1v) is 8.25. The summed E-state index contributed by atoms with van der Waals surface area (Å²) in [6, 6.07) is 5.88. The molecule has 1 aliphatic rings. The summed E-state index contributed by atoms with van der Waals surface area (Å²) in [5.74, 6) is 1.36. The molecule has 0 radical (unpaired) electrons. The van der Waals surface area contributed by atoms with Crippen molar-refractivity contribution in [1.82, 2.24) is 10.2 Å². The van der Waals surface area contributed by atoms with Crippen molar-refractivity contribution in [2.24, 2.45) is 0 Å². The van der Waals surface area contributed by atoms with E-state index in [4.69, 9.17) is 19.3 Å². The molecular formula is C17H28N2O4. The van der Waals surface area contributed by atoms with Gasteiger partial charge < -0.3 is 24.6 Å². The summed E-state index contributed by atoms with van der Waals surface area (Å²) in [4.78, 5) is 2.45. The molecule has 1 fully saturated rings. The van der Waals surface area contributed by atoms with E-state index in [1.165, 1.54) is 0 Å². The highest BCUT2D eigenvalue weighted by atomic mass is 16.5. The molecule has 1 aromatic rings. The van der Waals surface area contributed by atoms with Crippen molar-refractivity contribution in [2.75, 3.05) is 59.7 Å². The van der Waals surface area contributed by atoms with Crippen LogP contribution in [-0.2, 0) is 11.3 Å². The van der Waals surface area contributed by atoms with Gasteiger partial charge in [-0.2, -0.15) is 0 Å². The van der Waals surface area contributed by atoms with E-state index in [0.717, 1.165) is 57.9 Å². The SMILES string of the molecule is COc1cc(CNCCCN2CCOCC2)ccc1OCCO. The zero-order valence-electron chi connectivity index (χ0n) is 13.9. The minimum absolute atomic E-state index is 0.00436. The van der Waals surface area contributed by atoms with Crippen LogP contribution < -0.4 is 14.8 Å². The Labute approximate surface area is 138 Å². The molecule has 0 spiro atoms. The molecule has 1 aromatic carbocycles. The lowest BCUT2D eigenvalue weighted by Gasteiger charge is -2.26. The van der Waals surface area contributed by atoms with Gasteiger partial charge in [-0.05, 0) is 37.2 Å². The van der Waals surface area contributed by atoms with Crippen molar-refractivity contribution in [3.63, 3.8) is 0 Å². The molecule has 1 heterocycles. The third kappa shape index (κ3) is 6.35. The van der Waals surface area contributed by atoms with Crippen LogP contribution in [0.3, 0.4) is 0 Å². The van der Waals surface area contributed by atoms with Gasteiger partial charge in [0, 0.05) is 19.6 Å². The van der Waals surface area contributed by atoms with Crippen LogP contribution >= 0.6 is 0 Å². The number of methoxy groups -OCH3 is 1. The Morgan fingerprint density at radius 1 is 1.26 bits per heavy atom. The van der Waals surface area contributed by atoms with E-state index < -0.39 is 0 Å². The molecule has 1 aliphatic heterocycles. The smallest absolute Gasteiger partial charge is 0.161 e. The molecule has 0 saturated carbocycles. The summed E-state index contributed by atoms with van der Waals surface area (Å²) >= 11 is 0. The van der Waals surface area contributed by atoms with Gasteiger partial charge in [0.2, 0.25) is 0 Å². The summed E-state index contributed by atoms with van der Waals surface area (Å²) < 4.78 is 16.1. The molecule has 0 unspecified atom stereocenters. The summed E-state index contributed by atoms with van der Waals surface area (Å²) in [5.41, 5.74) is 1.16. The molecule has 0 amide bonds. The van der Waals surface area contributed by atoms with Crippen LogP contribution in [0.2, 0.25) is 0 Å². The fraction of sp³-hybridized carbons (Fsp3) is 0.647. The third-order valence-electron chi connectivity index (χ3n) is 3.84. The van der Waals surface area contributed by atoms with Gasteiger partial charge in [0.1, 0.15) is 6.61 Å². The number of hydrogen-bond donors (Lipinski definition) is 2. The van der Waals surface area contributed by atoms with E-state index in [9.17, 15) is 0 Å². The Hall–Kier alpha value is -1.34. The molecule has 6 heteroatoms. The molecule has 130 valence electrons. The molecule has 0 aromatic heterocycles. The van der Waals surface area contributed by atoms with Gasteiger partial charge in [-0.3, -0.25) is 4.90 Å². The maximum atomic E-state index is 8.82. The first kappa shape index (κ1) is 18.0. The number of morpholine rings is 1. The molecule has 6 nitrogen and oxygen atoms in total. The topological polar surface area (TPSA) is 63.2 Å².